The van der Waals surface area contributed by atoms with Crippen LogP contribution in [0.2, 0.25) is 0 Å². The molecule has 0 aliphatic heterocycles. The highest BCUT2D eigenvalue weighted by Crippen LogP contribution is 2.48. The molecule has 1 aromatic rings. The molecule has 0 amide bonds. The zero-order valence-electron chi connectivity index (χ0n) is 24.3. The van der Waals surface area contributed by atoms with Crippen molar-refractivity contribution in [2.24, 2.45) is 17.8 Å². The van der Waals surface area contributed by atoms with Crippen molar-refractivity contribution in [3.8, 4) is 5.75 Å². The summed E-state index contributed by atoms with van der Waals surface area (Å²) in [5.41, 5.74) is 2.62. The summed E-state index contributed by atoms with van der Waals surface area (Å²) in [7, 11) is -0.573. The average molecular weight is 541 g/mol. The SMILES string of the molecule is CC.CC(=O)COc1cccc2c1C[C@H]1CC[C@H](CCCOC(=O)O)[C@H]1C2.CCCCC.CCS(C)=O. The normalized spacial score (nSPS) is 19.7. The zero-order valence-corrected chi connectivity index (χ0v) is 25.2. The van der Waals surface area contributed by atoms with Crippen LogP contribution in [0.3, 0.4) is 0 Å². The second-order valence-corrected chi connectivity index (χ2v) is 11.2. The molecular formula is C30H52O6S. The standard InChI is InChI=1S/C20H26O5.C5H12.C3H8OS.C2H6/c1-13(21)12-25-19-6-2-4-15-10-17-14(5-3-9-24-20(22)23)7-8-16(17)11-18(15)19;1-3-5-4-2;1-3-5(2)4;1-2/h2,4,6,14,16-17H,3,5,7-12H2,1H3,(H,22,23);3-5H2,1-2H3;3H2,1-2H3;1-2H3/t14-,16+,17+;;;/m0.../s1. The van der Waals surface area contributed by atoms with E-state index in [0.29, 0.717) is 24.4 Å². The van der Waals surface area contributed by atoms with Crippen molar-refractivity contribution < 1.29 is 28.4 Å². The molecular weight excluding hydrogens is 488 g/mol. The fourth-order valence-electron chi connectivity index (χ4n) is 4.91. The van der Waals surface area contributed by atoms with Crippen LogP contribution in [-0.4, -0.2) is 46.5 Å². The minimum atomic E-state index is -1.19. The Bertz CT molecular complexity index is 792. The molecule has 0 radical (unpaired) electrons. The number of fused-ring (bicyclic) bond motifs is 2. The van der Waals surface area contributed by atoms with E-state index >= 15 is 0 Å². The van der Waals surface area contributed by atoms with Gasteiger partial charge in [0.05, 0.1) is 6.61 Å². The Hall–Kier alpha value is -1.89. The summed E-state index contributed by atoms with van der Waals surface area (Å²) in [5.74, 6) is 3.66. The highest BCUT2D eigenvalue weighted by Gasteiger charge is 2.39. The summed E-state index contributed by atoms with van der Waals surface area (Å²) >= 11 is 0. The van der Waals surface area contributed by atoms with Crippen molar-refractivity contribution in [3.05, 3.63) is 29.3 Å². The predicted octanol–water partition coefficient (Wildman–Crippen LogP) is 7.48. The zero-order chi connectivity index (χ0) is 28.2. The van der Waals surface area contributed by atoms with Gasteiger partial charge in [0, 0.05) is 22.8 Å². The summed E-state index contributed by atoms with van der Waals surface area (Å²) in [6.07, 6.45) is 10.9. The molecule has 1 saturated carbocycles. The Morgan fingerprint density at radius 3 is 2.22 bits per heavy atom. The maximum atomic E-state index is 11.2. The van der Waals surface area contributed by atoms with Crippen LogP contribution < -0.4 is 4.74 Å². The van der Waals surface area contributed by atoms with Gasteiger partial charge in [-0.3, -0.25) is 9.00 Å². The number of hydrogen-bond acceptors (Lipinski definition) is 5. The van der Waals surface area contributed by atoms with E-state index in [0.717, 1.165) is 37.2 Å². The summed E-state index contributed by atoms with van der Waals surface area (Å²) in [5, 5.41) is 8.55. The van der Waals surface area contributed by atoms with Gasteiger partial charge in [0.25, 0.3) is 0 Å². The highest BCUT2D eigenvalue weighted by molar-refractivity contribution is 7.84. The Labute approximate surface area is 228 Å². The second kappa shape index (κ2) is 21.1. The number of hydrogen-bond donors (Lipinski definition) is 1. The van der Waals surface area contributed by atoms with E-state index < -0.39 is 17.0 Å². The molecule has 2 aliphatic rings. The van der Waals surface area contributed by atoms with Crippen molar-refractivity contribution in [2.75, 3.05) is 25.2 Å². The number of benzene rings is 1. The maximum absolute atomic E-state index is 11.2. The Morgan fingerprint density at radius 1 is 1.05 bits per heavy atom. The fraction of sp³-hybridized carbons (Fsp3) is 0.733. The molecule has 1 aromatic carbocycles. The summed E-state index contributed by atoms with van der Waals surface area (Å²) in [6, 6.07) is 6.16. The van der Waals surface area contributed by atoms with Crippen LogP contribution in [0, 0.1) is 17.8 Å². The lowest BCUT2D eigenvalue weighted by atomic mass is 9.74. The molecule has 6 nitrogen and oxygen atoms in total. The average Bonchev–Trinajstić information content (AvgIpc) is 3.28. The molecule has 0 saturated heterocycles. The smallest absolute Gasteiger partial charge is 0.486 e. The van der Waals surface area contributed by atoms with Gasteiger partial charge >= 0.3 is 6.16 Å². The third kappa shape index (κ3) is 14.6. The lowest BCUT2D eigenvalue weighted by Gasteiger charge is -2.32. The van der Waals surface area contributed by atoms with Gasteiger partial charge in [0.2, 0.25) is 0 Å². The molecule has 0 aromatic heterocycles. The molecule has 0 bridgehead atoms. The van der Waals surface area contributed by atoms with Crippen molar-refractivity contribution >= 4 is 22.7 Å². The molecule has 37 heavy (non-hydrogen) atoms. The lowest BCUT2D eigenvalue weighted by molar-refractivity contribution is -0.118. The van der Waals surface area contributed by atoms with Crippen molar-refractivity contribution in [1.29, 1.82) is 0 Å². The predicted molar refractivity (Wildman–Crippen MR) is 154 cm³/mol. The Balaban J connectivity index is 0.000000910. The van der Waals surface area contributed by atoms with Gasteiger partial charge in [0.1, 0.15) is 12.4 Å². The molecule has 214 valence electrons. The van der Waals surface area contributed by atoms with E-state index in [4.69, 9.17) is 9.84 Å². The number of ketones is 1. The largest absolute Gasteiger partial charge is 0.505 e. The fourth-order valence-corrected chi connectivity index (χ4v) is 4.91. The van der Waals surface area contributed by atoms with Crippen LogP contribution >= 0.6 is 0 Å². The molecule has 2 aliphatic carbocycles. The number of Topliss-reactive ketones (excluding diaryl/α,β-unsaturated/α-hetero) is 1. The molecule has 0 heterocycles. The second-order valence-electron chi connectivity index (χ2n) is 9.53. The first-order valence-electron chi connectivity index (χ1n) is 14.1. The number of carbonyl (C=O) groups is 2. The first-order valence-corrected chi connectivity index (χ1v) is 15.8. The van der Waals surface area contributed by atoms with E-state index in [9.17, 15) is 13.8 Å². The van der Waals surface area contributed by atoms with Crippen molar-refractivity contribution in [1.82, 2.24) is 0 Å². The number of ether oxygens (including phenoxy) is 2. The van der Waals surface area contributed by atoms with E-state index in [2.05, 4.69) is 24.7 Å². The van der Waals surface area contributed by atoms with Crippen LogP contribution in [0.5, 0.6) is 5.75 Å². The number of unbranched alkanes of at least 4 members (excludes halogenated alkanes) is 2. The van der Waals surface area contributed by atoms with Crippen LogP contribution in [0.1, 0.15) is 97.6 Å². The summed E-state index contributed by atoms with van der Waals surface area (Å²) in [4.78, 5) is 21.6. The quantitative estimate of drug-likeness (QED) is 0.244. The van der Waals surface area contributed by atoms with Crippen LogP contribution in [0.15, 0.2) is 18.2 Å². The number of carbonyl (C=O) groups excluding carboxylic acids is 1. The molecule has 1 N–H and O–H groups in total. The van der Waals surface area contributed by atoms with Gasteiger partial charge in [-0.2, -0.15) is 0 Å². The third-order valence-corrected chi connectivity index (χ3v) is 7.57. The van der Waals surface area contributed by atoms with Gasteiger partial charge in [-0.25, -0.2) is 4.79 Å². The monoisotopic (exact) mass is 540 g/mol. The molecule has 0 spiro atoms. The van der Waals surface area contributed by atoms with Gasteiger partial charge < -0.3 is 14.6 Å². The highest BCUT2D eigenvalue weighted by atomic mass is 32.2. The maximum Gasteiger partial charge on any atom is 0.505 e. The van der Waals surface area contributed by atoms with Crippen LogP contribution in [-0.2, 0) is 33.2 Å². The van der Waals surface area contributed by atoms with E-state index in [1.807, 2.05) is 32.9 Å². The first-order chi connectivity index (χ1) is 17.7. The molecule has 4 atom stereocenters. The molecule has 3 rings (SSSR count). The number of rotatable bonds is 10. The molecule has 1 fully saturated rings. The number of carboxylic acid groups (broad SMARTS) is 1. The summed E-state index contributed by atoms with van der Waals surface area (Å²) in [6.45, 7) is 12.3. The topological polar surface area (TPSA) is 89.9 Å². The minimum Gasteiger partial charge on any atom is -0.486 e. The van der Waals surface area contributed by atoms with Crippen LogP contribution in [0.25, 0.3) is 0 Å². The Kier molecular flexibility index (Phi) is 20.0. The molecule has 1 unspecified atom stereocenters. The van der Waals surface area contributed by atoms with Gasteiger partial charge in [-0.15, -0.1) is 0 Å². The van der Waals surface area contributed by atoms with Gasteiger partial charge in [-0.05, 0) is 80.4 Å². The third-order valence-electron chi connectivity index (χ3n) is 6.76. The van der Waals surface area contributed by atoms with Gasteiger partial charge in [0.15, 0.2) is 5.78 Å². The minimum absolute atomic E-state index is 0.0378. The first kappa shape index (κ1) is 35.1. The van der Waals surface area contributed by atoms with Crippen LogP contribution in [0.4, 0.5) is 4.79 Å². The van der Waals surface area contributed by atoms with Crippen molar-refractivity contribution in [2.45, 2.75) is 99.3 Å². The molecule has 7 heteroatoms. The summed E-state index contributed by atoms with van der Waals surface area (Å²) < 4.78 is 20.3. The lowest BCUT2D eigenvalue weighted by Crippen LogP contribution is -2.26. The Morgan fingerprint density at radius 2 is 1.70 bits per heavy atom. The van der Waals surface area contributed by atoms with E-state index in [1.165, 1.54) is 43.2 Å². The van der Waals surface area contributed by atoms with Gasteiger partial charge in [-0.1, -0.05) is 66.0 Å². The van der Waals surface area contributed by atoms with E-state index in [1.54, 1.807) is 13.2 Å². The van der Waals surface area contributed by atoms with E-state index in [-0.39, 0.29) is 12.4 Å². The van der Waals surface area contributed by atoms with Crippen molar-refractivity contribution in [3.63, 3.8) is 0 Å².